The maximum Gasteiger partial charge on any atom is 0.313 e. The maximum absolute atomic E-state index is 12.1. The van der Waals surface area contributed by atoms with Crippen LogP contribution in [0, 0.1) is 6.92 Å². The standard InChI is InChI=1S/C13H11N3O2/c1-8-2-3-9-5-12(18-11(9)4-8)13(17)16-7-10(14)6-15-16/h2-7H,14H2,1H3. The van der Waals surface area contributed by atoms with E-state index in [9.17, 15) is 4.79 Å². The van der Waals surface area contributed by atoms with Crippen molar-refractivity contribution in [1.29, 1.82) is 0 Å². The quantitative estimate of drug-likeness (QED) is 0.708. The smallest absolute Gasteiger partial charge is 0.313 e. The lowest BCUT2D eigenvalue weighted by molar-refractivity contribution is 0.0919. The Kier molecular flexibility index (Phi) is 2.19. The second kappa shape index (κ2) is 3.73. The van der Waals surface area contributed by atoms with Crippen LogP contribution in [0.25, 0.3) is 11.0 Å². The Morgan fingerprint density at radius 1 is 1.39 bits per heavy atom. The molecule has 0 saturated carbocycles. The van der Waals surface area contributed by atoms with Gasteiger partial charge in [0.05, 0.1) is 18.1 Å². The van der Waals surface area contributed by atoms with Gasteiger partial charge in [-0.3, -0.25) is 4.79 Å². The van der Waals surface area contributed by atoms with Crippen molar-refractivity contribution in [2.45, 2.75) is 6.92 Å². The van der Waals surface area contributed by atoms with E-state index in [4.69, 9.17) is 10.2 Å². The zero-order valence-electron chi connectivity index (χ0n) is 9.75. The molecule has 5 heteroatoms. The summed E-state index contributed by atoms with van der Waals surface area (Å²) >= 11 is 0. The van der Waals surface area contributed by atoms with Crippen molar-refractivity contribution in [2.24, 2.45) is 0 Å². The average Bonchev–Trinajstić information content (AvgIpc) is 2.93. The third kappa shape index (κ3) is 1.66. The van der Waals surface area contributed by atoms with Gasteiger partial charge in [0, 0.05) is 5.39 Å². The number of aryl methyl sites for hydroxylation is 1. The molecule has 3 rings (SSSR count). The summed E-state index contributed by atoms with van der Waals surface area (Å²) in [7, 11) is 0. The topological polar surface area (TPSA) is 74.0 Å². The van der Waals surface area contributed by atoms with E-state index < -0.39 is 0 Å². The monoisotopic (exact) mass is 241 g/mol. The number of aromatic nitrogens is 2. The predicted octanol–water partition coefficient (Wildman–Crippen LogP) is 2.21. The molecule has 3 aromatic rings. The van der Waals surface area contributed by atoms with Gasteiger partial charge in [0.2, 0.25) is 0 Å². The molecule has 0 saturated heterocycles. The first kappa shape index (κ1) is 10.6. The molecule has 0 radical (unpaired) electrons. The number of hydrogen-bond donors (Lipinski definition) is 1. The van der Waals surface area contributed by atoms with Crippen molar-refractivity contribution < 1.29 is 9.21 Å². The molecule has 1 aromatic carbocycles. The first-order chi connectivity index (χ1) is 8.63. The van der Waals surface area contributed by atoms with Gasteiger partial charge in [0.15, 0.2) is 5.76 Å². The largest absolute Gasteiger partial charge is 0.451 e. The highest BCUT2D eigenvalue weighted by atomic mass is 16.3. The van der Waals surface area contributed by atoms with Crippen molar-refractivity contribution in [3.05, 3.63) is 48.0 Å². The lowest BCUT2D eigenvalue weighted by Crippen LogP contribution is -2.11. The minimum absolute atomic E-state index is 0.249. The fourth-order valence-corrected chi connectivity index (χ4v) is 1.80. The van der Waals surface area contributed by atoms with Crippen LogP contribution in [0.5, 0.6) is 0 Å². The highest BCUT2D eigenvalue weighted by Gasteiger charge is 2.15. The van der Waals surface area contributed by atoms with Gasteiger partial charge in [0.25, 0.3) is 0 Å². The summed E-state index contributed by atoms with van der Waals surface area (Å²) in [4.78, 5) is 12.1. The minimum Gasteiger partial charge on any atom is -0.451 e. The van der Waals surface area contributed by atoms with Crippen LogP contribution in [0.4, 0.5) is 5.69 Å². The second-order valence-corrected chi connectivity index (χ2v) is 4.18. The van der Waals surface area contributed by atoms with Crippen LogP contribution in [-0.4, -0.2) is 15.7 Å². The molecule has 18 heavy (non-hydrogen) atoms. The third-order valence-corrected chi connectivity index (χ3v) is 2.70. The van der Waals surface area contributed by atoms with Crippen LogP contribution in [0.2, 0.25) is 0 Å². The van der Waals surface area contributed by atoms with Crippen molar-refractivity contribution in [3.8, 4) is 0 Å². The molecular weight excluding hydrogens is 230 g/mol. The van der Waals surface area contributed by atoms with Gasteiger partial charge in [-0.1, -0.05) is 12.1 Å². The summed E-state index contributed by atoms with van der Waals surface area (Å²) in [6, 6.07) is 7.49. The number of furan rings is 1. The molecule has 0 bridgehead atoms. The van der Waals surface area contributed by atoms with E-state index >= 15 is 0 Å². The molecule has 0 unspecified atom stereocenters. The number of nitrogens with two attached hydrogens (primary N) is 1. The van der Waals surface area contributed by atoms with Gasteiger partial charge in [-0.2, -0.15) is 9.78 Å². The molecule has 2 N–H and O–H groups in total. The van der Waals surface area contributed by atoms with Crippen LogP contribution in [-0.2, 0) is 0 Å². The SMILES string of the molecule is Cc1ccc2cc(C(=O)n3cc(N)cn3)oc2c1. The number of rotatable bonds is 1. The van der Waals surface area contributed by atoms with Gasteiger partial charge in [-0.15, -0.1) is 0 Å². The van der Waals surface area contributed by atoms with E-state index in [0.717, 1.165) is 10.9 Å². The van der Waals surface area contributed by atoms with Gasteiger partial charge < -0.3 is 10.2 Å². The number of nitrogens with zero attached hydrogens (tertiary/aromatic N) is 2. The third-order valence-electron chi connectivity index (χ3n) is 2.70. The highest BCUT2D eigenvalue weighted by molar-refractivity contribution is 5.97. The molecule has 0 atom stereocenters. The Bertz CT molecular complexity index is 740. The normalized spacial score (nSPS) is 10.9. The fraction of sp³-hybridized carbons (Fsp3) is 0.0769. The van der Waals surface area contributed by atoms with E-state index in [1.54, 1.807) is 6.07 Å². The Hall–Kier alpha value is -2.56. The van der Waals surface area contributed by atoms with Gasteiger partial charge in [-0.05, 0) is 24.6 Å². The summed E-state index contributed by atoms with van der Waals surface area (Å²) in [5, 5.41) is 4.75. The molecule has 0 aliphatic rings. The van der Waals surface area contributed by atoms with Crippen molar-refractivity contribution in [1.82, 2.24) is 9.78 Å². The van der Waals surface area contributed by atoms with Crippen LogP contribution >= 0.6 is 0 Å². The molecule has 90 valence electrons. The van der Waals surface area contributed by atoms with E-state index in [0.29, 0.717) is 11.3 Å². The summed E-state index contributed by atoms with van der Waals surface area (Å²) < 4.78 is 6.69. The van der Waals surface area contributed by atoms with Gasteiger partial charge in [-0.25, -0.2) is 0 Å². The van der Waals surface area contributed by atoms with Gasteiger partial charge >= 0.3 is 5.91 Å². The lowest BCUT2D eigenvalue weighted by atomic mass is 10.2. The number of benzene rings is 1. The molecule has 5 nitrogen and oxygen atoms in total. The maximum atomic E-state index is 12.1. The Balaban J connectivity index is 2.06. The predicted molar refractivity (Wildman–Crippen MR) is 67.3 cm³/mol. The van der Waals surface area contributed by atoms with Crippen molar-refractivity contribution in [3.63, 3.8) is 0 Å². The summed E-state index contributed by atoms with van der Waals surface area (Å²) in [6.07, 6.45) is 2.88. The summed E-state index contributed by atoms with van der Waals surface area (Å²) in [5.74, 6) is -0.0840. The second-order valence-electron chi connectivity index (χ2n) is 4.18. The fourth-order valence-electron chi connectivity index (χ4n) is 1.80. The van der Waals surface area contributed by atoms with Crippen LogP contribution < -0.4 is 5.73 Å². The molecule has 0 fully saturated rings. The van der Waals surface area contributed by atoms with Crippen molar-refractivity contribution in [2.75, 3.05) is 5.73 Å². The molecule has 2 aromatic heterocycles. The zero-order chi connectivity index (χ0) is 12.7. The van der Waals surface area contributed by atoms with E-state index in [-0.39, 0.29) is 11.7 Å². The zero-order valence-corrected chi connectivity index (χ0v) is 9.75. The first-order valence-corrected chi connectivity index (χ1v) is 5.48. The molecular formula is C13H11N3O2. The number of nitrogen functional groups attached to an aromatic ring is 1. The van der Waals surface area contributed by atoms with Gasteiger partial charge in [0.1, 0.15) is 5.58 Å². The Morgan fingerprint density at radius 2 is 2.22 bits per heavy atom. The highest BCUT2D eigenvalue weighted by Crippen LogP contribution is 2.21. The Morgan fingerprint density at radius 3 is 2.94 bits per heavy atom. The summed E-state index contributed by atoms with van der Waals surface area (Å²) in [5.41, 5.74) is 7.74. The first-order valence-electron chi connectivity index (χ1n) is 5.48. The number of carbonyl (C=O) groups is 1. The number of anilines is 1. The van der Waals surface area contributed by atoms with Crippen LogP contribution in [0.1, 0.15) is 16.1 Å². The number of hydrogen-bond acceptors (Lipinski definition) is 4. The minimum atomic E-state index is -0.333. The molecule has 0 aliphatic heterocycles. The number of fused-ring (bicyclic) bond motifs is 1. The van der Waals surface area contributed by atoms with E-state index in [2.05, 4.69) is 5.10 Å². The van der Waals surface area contributed by atoms with E-state index in [1.165, 1.54) is 17.1 Å². The Labute approximate surface area is 103 Å². The van der Waals surface area contributed by atoms with E-state index in [1.807, 2.05) is 25.1 Å². The average molecular weight is 241 g/mol. The molecule has 0 aliphatic carbocycles. The lowest BCUT2D eigenvalue weighted by Gasteiger charge is -1.94. The van der Waals surface area contributed by atoms with Crippen molar-refractivity contribution >= 4 is 22.6 Å². The summed E-state index contributed by atoms with van der Waals surface area (Å²) in [6.45, 7) is 1.97. The number of carbonyl (C=O) groups excluding carboxylic acids is 1. The molecule has 0 spiro atoms. The molecule has 2 heterocycles. The van der Waals surface area contributed by atoms with Crippen LogP contribution in [0.15, 0.2) is 41.1 Å². The molecule has 0 amide bonds. The van der Waals surface area contributed by atoms with Crippen LogP contribution in [0.3, 0.4) is 0 Å².